The number of ether oxygens (including phenoxy) is 1. The molecule has 1 aliphatic carbocycles. The third-order valence-corrected chi connectivity index (χ3v) is 5.05. The molecule has 0 unspecified atom stereocenters. The van der Waals surface area contributed by atoms with E-state index in [1.807, 2.05) is 54.1 Å². The van der Waals surface area contributed by atoms with E-state index in [2.05, 4.69) is 15.3 Å². The summed E-state index contributed by atoms with van der Waals surface area (Å²) in [6.07, 6.45) is 7.42. The second-order valence-electron chi connectivity index (χ2n) is 7.19. The first-order chi connectivity index (χ1) is 13.2. The second-order valence-corrected chi connectivity index (χ2v) is 7.19. The van der Waals surface area contributed by atoms with Gasteiger partial charge in [-0.05, 0) is 50.3 Å². The minimum Gasteiger partial charge on any atom is -0.474 e. The molecule has 0 saturated heterocycles. The van der Waals surface area contributed by atoms with Crippen LogP contribution in [-0.2, 0) is 11.3 Å². The van der Waals surface area contributed by atoms with Crippen molar-refractivity contribution in [2.75, 3.05) is 0 Å². The molecule has 1 aromatic carbocycles. The molecule has 6 nitrogen and oxygen atoms in total. The third kappa shape index (κ3) is 4.27. The van der Waals surface area contributed by atoms with Crippen LogP contribution in [0.25, 0.3) is 11.0 Å². The first-order valence-electron chi connectivity index (χ1n) is 9.46. The molecule has 0 atom stereocenters. The van der Waals surface area contributed by atoms with Gasteiger partial charge < -0.3 is 14.6 Å². The van der Waals surface area contributed by atoms with Crippen LogP contribution in [0.5, 0.6) is 5.88 Å². The van der Waals surface area contributed by atoms with Gasteiger partial charge in [-0.25, -0.2) is 9.97 Å². The molecule has 2 heterocycles. The average Bonchev–Trinajstić information content (AvgIpc) is 3.08. The van der Waals surface area contributed by atoms with Gasteiger partial charge in [0.05, 0.1) is 17.4 Å². The lowest BCUT2D eigenvalue weighted by atomic mass is 9.93. The second kappa shape index (κ2) is 7.78. The van der Waals surface area contributed by atoms with Crippen LogP contribution >= 0.6 is 0 Å². The Balaban J connectivity index is 1.26. The van der Waals surface area contributed by atoms with Crippen molar-refractivity contribution in [3.05, 3.63) is 54.5 Å². The Labute approximate surface area is 158 Å². The number of aryl methyl sites for hydroxylation is 1. The molecule has 1 amide bonds. The van der Waals surface area contributed by atoms with Crippen molar-refractivity contribution in [1.82, 2.24) is 19.9 Å². The van der Waals surface area contributed by atoms with Crippen molar-refractivity contribution in [2.45, 2.75) is 51.3 Å². The predicted octanol–water partition coefficient (Wildman–Crippen LogP) is 3.25. The monoisotopic (exact) mass is 364 g/mol. The number of para-hydroxylation sites is 2. The molecule has 1 saturated carbocycles. The minimum atomic E-state index is 0.0303. The molecular weight excluding hydrogens is 340 g/mol. The quantitative estimate of drug-likeness (QED) is 0.755. The van der Waals surface area contributed by atoms with E-state index in [0.29, 0.717) is 12.4 Å². The van der Waals surface area contributed by atoms with Gasteiger partial charge in [0.25, 0.3) is 0 Å². The van der Waals surface area contributed by atoms with Crippen LogP contribution in [0.4, 0.5) is 0 Å². The normalized spacial score (nSPS) is 19.7. The average molecular weight is 364 g/mol. The molecule has 3 aromatic rings. The van der Waals surface area contributed by atoms with Crippen LogP contribution in [0.3, 0.4) is 0 Å². The molecule has 0 radical (unpaired) electrons. The summed E-state index contributed by atoms with van der Waals surface area (Å²) in [5, 5.41) is 3.15. The lowest BCUT2D eigenvalue weighted by molar-refractivity contribution is -0.122. The van der Waals surface area contributed by atoms with Crippen LogP contribution < -0.4 is 10.1 Å². The molecule has 0 bridgehead atoms. The first kappa shape index (κ1) is 17.5. The number of benzene rings is 1. The Bertz CT molecular complexity index is 911. The largest absolute Gasteiger partial charge is 0.474 e. The standard InChI is InChI=1S/C21H24N4O2/c1-15-6-11-21(22-12-15)27-17-9-7-16(8-10-17)24-20(26)13-25-14-23-18-4-2-3-5-19(18)25/h2-6,11-12,14,16-17H,7-10,13H2,1H3,(H,24,26). The summed E-state index contributed by atoms with van der Waals surface area (Å²) < 4.78 is 7.85. The summed E-state index contributed by atoms with van der Waals surface area (Å²) in [4.78, 5) is 21.1. The van der Waals surface area contributed by atoms with Gasteiger partial charge in [0.2, 0.25) is 11.8 Å². The molecule has 27 heavy (non-hydrogen) atoms. The topological polar surface area (TPSA) is 69.0 Å². The number of carbonyl (C=O) groups excluding carboxylic acids is 1. The minimum absolute atomic E-state index is 0.0303. The number of hydrogen-bond donors (Lipinski definition) is 1. The number of imidazole rings is 1. The SMILES string of the molecule is Cc1ccc(OC2CCC(NC(=O)Cn3cnc4ccccc43)CC2)nc1. The van der Waals surface area contributed by atoms with E-state index >= 15 is 0 Å². The first-order valence-corrected chi connectivity index (χ1v) is 9.46. The van der Waals surface area contributed by atoms with E-state index in [0.717, 1.165) is 42.3 Å². The Hall–Kier alpha value is -2.89. The Morgan fingerprint density at radius 3 is 2.74 bits per heavy atom. The van der Waals surface area contributed by atoms with Gasteiger partial charge in [-0.1, -0.05) is 18.2 Å². The van der Waals surface area contributed by atoms with Gasteiger partial charge in [-0.2, -0.15) is 0 Å². The number of carbonyl (C=O) groups is 1. The predicted molar refractivity (Wildman–Crippen MR) is 104 cm³/mol. The summed E-state index contributed by atoms with van der Waals surface area (Å²) in [6, 6.07) is 12.0. The lowest BCUT2D eigenvalue weighted by Crippen LogP contribution is -2.41. The molecule has 1 fully saturated rings. The molecule has 0 spiro atoms. The van der Waals surface area contributed by atoms with Crippen molar-refractivity contribution in [3.8, 4) is 5.88 Å². The zero-order valence-corrected chi connectivity index (χ0v) is 15.5. The van der Waals surface area contributed by atoms with Crippen molar-refractivity contribution < 1.29 is 9.53 Å². The smallest absolute Gasteiger partial charge is 0.240 e. The molecule has 2 aromatic heterocycles. The fraction of sp³-hybridized carbons (Fsp3) is 0.381. The highest BCUT2D eigenvalue weighted by atomic mass is 16.5. The molecule has 0 aliphatic heterocycles. The molecule has 140 valence electrons. The summed E-state index contributed by atoms with van der Waals surface area (Å²) >= 11 is 0. The molecule has 4 rings (SSSR count). The van der Waals surface area contributed by atoms with Crippen LogP contribution in [0.1, 0.15) is 31.2 Å². The summed E-state index contributed by atoms with van der Waals surface area (Å²) in [5.74, 6) is 0.711. The fourth-order valence-corrected chi connectivity index (χ4v) is 3.58. The Morgan fingerprint density at radius 1 is 1.15 bits per heavy atom. The van der Waals surface area contributed by atoms with E-state index in [1.54, 1.807) is 6.33 Å². The van der Waals surface area contributed by atoms with Crippen LogP contribution in [0.15, 0.2) is 48.9 Å². The summed E-state index contributed by atoms with van der Waals surface area (Å²) in [6.45, 7) is 2.31. The number of fused-ring (bicyclic) bond motifs is 1. The molecule has 6 heteroatoms. The van der Waals surface area contributed by atoms with Crippen molar-refractivity contribution in [1.29, 1.82) is 0 Å². The fourth-order valence-electron chi connectivity index (χ4n) is 3.58. The number of amides is 1. The highest BCUT2D eigenvalue weighted by molar-refractivity contribution is 5.80. The van der Waals surface area contributed by atoms with E-state index in [9.17, 15) is 4.79 Å². The zero-order valence-electron chi connectivity index (χ0n) is 15.5. The third-order valence-electron chi connectivity index (χ3n) is 5.05. The number of hydrogen-bond acceptors (Lipinski definition) is 4. The van der Waals surface area contributed by atoms with E-state index < -0.39 is 0 Å². The summed E-state index contributed by atoms with van der Waals surface area (Å²) in [5.41, 5.74) is 3.02. The van der Waals surface area contributed by atoms with Crippen LogP contribution in [0, 0.1) is 6.92 Å². The van der Waals surface area contributed by atoms with Crippen molar-refractivity contribution in [3.63, 3.8) is 0 Å². The Morgan fingerprint density at radius 2 is 1.96 bits per heavy atom. The number of aromatic nitrogens is 3. The maximum Gasteiger partial charge on any atom is 0.240 e. The highest BCUT2D eigenvalue weighted by Crippen LogP contribution is 2.23. The van der Waals surface area contributed by atoms with Gasteiger partial charge in [0.1, 0.15) is 12.6 Å². The van der Waals surface area contributed by atoms with Crippen LogP contribution in [0.2, 0.25) is 0 Å². The Kier molecular flexibility index (Phi) is 5.05. The van der Waals surface area contributed by atoms with Gasteiger partial charge >= 0.3 is 0 Å². The zero-order chi connectivity index (χ0) is 18.6. The summed E-state index contributed by atoms with van der Waals surface area (Å²) in [7, 11) is 0. The van der Waals surface area contributed by atoms with Gasteiger partial charge in [0.15, 0.2) is 0 Å². The number of nitrogens with zero attached hydrogens (tertiary/aromatic N) is 3. The maximum atomic E-state index is 12.4. The molecule has 1 aliphatic rings. The lowest BCUT2D eigenvalue weighted by Gasteiger charge is -2.29. The van der Waals surface area contributed by atoms with E-state index in [1.165, 1.54) is 0 Å². The van der Waals surface area contributed by atoms with Crippen LogP contribution in [-0.4, -0.2) is 32.6 Å². The van der Waals surface area contributed by atoms with Gasteiger partial charge in [-0.3, -0.25) is 4.79 Å². The van der Waals surface area contributed by atoms with Gasteiger partial charge in [0, 0.05) is 18.3 Å². The van der Waals surface area contributed by atoms with Crippen molar-refractivity contribution >= 4 is 16.9 Å². The van der Waals surface area contributed by atoms with E-state index in [-0.39, 0.29) is 18.1 Å². The maximum absolute atomic E-state index is 12.4. The van der Waals surface area contributed by atoms with Crippen molar-refractivity contribution in [2.24, 2.45) is 0 Å². The number of pyridine rings is 1. The number of nitrogens with one attached hydrogen (secondary N) is 1. The molecule has 1 N–H and O–H groups in total. The molecular formula is C21H24N4O2. The highest BCUT2D eigenvalue weighted by Gasteiger charge is 2.24. The van der Waals surface area contributed by atoms with Gasteiger partial charge in [-0.15, -0.1) is 0 Å². The number of rotatable bonds is 5. The van der Waals surface area contributed by atoms with E-state index in [4.69, 9.17) is 4.74 Å².